The number of nitrogens with two attached hydrogens (primary N) is 1. The molecule has 0 aromatic carbocycles. The highest BCUT2D eigenvalue weighted by molar-refractivity contribution is 4.83. The lowest BCUT2D eigenvalue weighted by atomic mass is 9.90. The van der Waals surface area contributed by atoms with E-state index in [1.54, 1.807) is 0 Å². The van der Waals surface area contributed by atoms with Crippen LogP contribution in [0.2, 0.25) is 0 Å². The first-order valence-corrected chi connectivity index (χ1v) is 6.59. The van der Waals surface area contributed by atoms with Crippen LogP contribution < -0.4 is 11.1 Å². The number of nitrogens with zero attached hydrogens (tertiary/aromatic N) is 1. The van der Waals surface area contributed by atoms with Crippen LogP contribution in [0.3, 0.4) is 0 Å². The van der Waals surface area contributed by atoms with Crippen molar-refractivity contribution in [2.75, 3.05) is 32.7 Å². The first-order valence-electron chi connectivity index (χ1n) is 6.59. The SMILES string of the molecule is CCCC1CC(NCC(F)F)CN(CCN)C1. The van der Waals surface area contributed by atoms with E-state index in [2.05, 4.69) is 17.1 Å². The minimum absolute atomic E-state index is 0.194. The highest BCUT2D eigenvalue weighted by Crippen LogP contribution is 2.21. The van der Waals surface area contributed by atoms with Gasteiger partial charge in [-0.2, -0.15) is 0 Å². The van der Waals surface area contributed by atoms with Gasteiger partial charge in [-0.15, -0.1) is 0 Å². The summed E-state index contributed by atoms with van der Waals surface area (Å²) in [7, 11) is 0. The summed E-state index contributed by atoms with van der Waals surface area (Å²) in [5, 5.41) is 2.97. The highest BCUT2D eigenvalue weighted by atomic mass is 19.3. The summed E-state index contributed by atoms with van der Waals surface area (Å²) in [6, 6.07) is 0.195. The number of halogens is 2. The largest absolute Gasteiger partial charge is 0.329 e. The minimum Gasteiger partial charge on any atom is -0.329 e. The number of likely N-dealkylation sites (tertiary alicyclic amines) is 1. The average Bonchev–Trinajstić information content (AvgIpc) is 2.27. The molecule has 0 aromatic heterocycles. The van der Waals surface area contributed by atoms with Gasteiger partial charge >= 0.3 is 0 Å². The van der Waals surface area contributed by atoms with Gasteiger partial charge in [0.25, 0.3) is 6.43 Å². The van der Waals surface area contributed by atoms with Gasteiger partial charge in [0, 0.05) is 32.2 Å². The van der Waals surface area contributed by atoms with Gasteiger partial charge < -0.3 is 16.0 Å². The lowest BCUT2D eigenvalue weighted by Crippen LogP contribution is -2.51. The molecular formula is C12H25F2N3. The second kappa shape index (κ2) is 7.95. The molecule has 1 aliphatic heterocycles. The summed E-state index contributed by atoms with van der Waals surface area (Å²) >= 11 is 0. The Morgan fingerprint density at radius 2 is 2.18 bits per heavy atom. The first kappa shape index (κ1) is 14.8. The number of rotatable bonds is 7. The Morgan fingerprint density at radius 1 is 1.41 bits per heavy atom. The standard InChI is InChI=1S/C12H25F2N3/c1-2-3-10-6-11(16-7-12(13)14)9-17(8-10)5-4-15/h10-12,16H,2-9,15H2,1H3. The predicted octanol–water partition coefficient (Wildman–Crippen LogP) is 1.29. The Bertz CT molecular complexity index is 188. The molecular weight excluding hydrogens is 224 g/mol. The third-order valence-electron chi connectivity index (χ3n) is 3.32. The van der Waals surface area contributed by atoms with E-state index in [-0.39, 0.29) is 12.6 Å². The quantitative estimate of drug-likeness (QED) is 0.714. The van der Waals surface area contributed by atoms with Crippen molar-refractivity contribution in [3.8, 4) is 0 Å². The zero-order valence-electron chi connectivity index (χ0n) is 10.7. The van der Waals surface area contributed by atoms with Crippen LogP contribution in [0.1, 0.15) is 26.2 Å². The van der Waals surface area contributed by atoms with E-state index in [4.69, 9.17) is 5.73 Å². The smallest absolute Gasteiger partial charge is 0.250 e. The zero-order valence-corrected chi connectivity index (χ0v) is 10.7. The van der Waals surface area contributed by atoms with E-state index in [0.717, 1.165) is 32.5 Å². The van der Waals surface area contributed by atoms with E-state index in [1.807, 2.05) is 0 Å². The lowest BCUT2D eigenvalue weighted by molar-refractivity contribution is 0.108. The van der Waals surface area contributed by atoms with Crippen LogP contribution in [-0.4, -0.2) is 50.1 Å². The maximum Gasteiger partial charge on any atom is 0.250 e. The van der Waals surface area contributed by atoms with Crippen molar-refractivity contribution in [2.24, 2.45) is 11.7 Å². The van der Waals surface area contributed by atoms with Gasteiger partial charge in [0.2, 0.25) is 0 Å². The van der Waals surface area contributed by atoms with E-state index in [0.29, 0.717) is 12.5 Å². The average molecular weight is 249 g/mol. The third kappa shape index (κ3) is 5.75. The Kier molecular flexibility index (Phi) is 6.92. The van der Waals surface area contributed by atoms with Crippen molar-refractivity contribution in [2.45, 2.75) is 38.7 Å². The molecule has 2 atom stereocenters. The van der Waals surface area contributed by atoms with Gasteiger partial charge in [0.1, 0.15) is 0 Å². The Balaban J connectivity index is 2.40. The molecule has 3 N–H and O–H groups in total. The second-order valence-electron chi connectivity index (χ2n) is 4.93. The normalized spacial score (nSPS) is 26.6. The minimum atomic E-state index is -2.26. The highest BCUT2D eigenvalue weighted by Gasteiger charge is 2.26. The van der Waals surface area contributed by atoms with Gasteiger partial charge in [-0.3, -0.25) is 0 Å². The van der Waals surface area contributed by atoms with Gasteiger partial charge in [0.15, 0.2) is 0 Å². The first-order chi connectivity index (χ1) is 8.15. The van der Waals surface area contributed by atoms with Crippen LogP contribution >= 0.6 is 0 Å². The number of nitrogens with one attached hydrogen (secondary N) is 1. The number of piperidine rings is 1. The molecule has 3 nitrogen and oxygen atoms in total. The van der Waals surface area contributed by atoms with Crippen LogP contribution in [0.4, 0.5) is 8.78 Å². The molecule has 0 aliphatic carbocycles. The third-order valence-corrected chi connectivity index (χ3v) is 3.32. The molecule has 1 heterocycles. The molecule has 1 aliphatic rings. The van der Waals surface area contributed by atoms with Crippen molar-refractivity contribution in [1.82, 2.24) is 10.2 Å². The molecule has 1 fully saturated rings. The summed E-state index contributed by atoms with van der Waals surface area (Å²) in [5.41, 5.74) is 5.56. The molecule has 0 radical (unpaired) electrons. The maximum atomic E-state index is 12.2. The number of hydrogen-bond acceptors (Lipinski definition) is 3. The summed E-state index contributed by atoms with van der Waals surface area (Å²) in [4.78, 5) is 2.30. The number of alkyl halides is 2. The monoisotopic (exact) mass is 249 g/mol. The van der Waals surface area contributed by atoms with E-state index in [1.165, 1.54) is 6.42 Å². The maximum absolute atomic E-state index is 12.2. The van der Waals surface area contributed by atoms with Gasteiger partial charge in [0.05, 0.1) is 6.54 Å². The Morgan fingerprint density at radius 3 is 2.76 bits per heavy atom. The van der Waals surface area contributed by atoms with Crippen molar-refractivity contribution in [1.29, 1.82) is 0 Å². The zero-order chi connectivity index (χ0) is 12.7. The molecule has 2 unspecified atom stereocenters. The second-order valence-corrected chi connectivity index (χ2v) is 4.93. The predicted molar refractivity (Wildman–Crippen MR) is 66.3 cm³/mol. The molecule has 0 amide bonds. The summed E-state index contributed by atoms with van der Waals surface area (Å²) < 4.78 is 24.4. The van der Waals surface area contributed by atoms with Crippen molar-refractivity contribution in [3.63, 3.8) is 0 Å². The van der Waals surface area contributed by atoms with Crippen LogP contribution in [0.25, 0.3) is 0 Å². The molecule has 102 valence electrons. The van der Waals surface area contributed by atoms with Crippen molar-refractivity contribution in [3.05, 3.63) is 0 Å². The molecule has 5 heteroatoms. The van der Waals surface area contributed by atoms with Crippen LogP contribution in [0.15, 0.2) is 0 Å². The van der Waals surface area contributed by atoms with E-state index >= 15 is 0 Å². The fraction of sp³-hybridized carbons (Fsp3) is 1.00. The molecule has 17 heavy (non-hydrogen) atoms. The summed E-state index contributed by atoms with van der Waals surface area (Å²) in [6.45, 7) is 5.40. The van der Waals surface area contributed by atoms with E-state index < -0.39 is 6.43 Å². The molecule has 1 rings (SSSR count). The molecule has 0 saturated carbocycles. The van der Waals surface area contributed by atoms with Crippen molar-refractivity contribution < 1.29 is 8.78 Å². The van der Waals surface area contributed by atoms with E-state index in [9.17, 15) is 8.78 Å². The van der Waals surface area contributed by atoms with Gasteiger partial charge in [-0.1, -0.05) is 13.3 Å². The lowest BCUT2D eigenvalue weighted by Gasteiger charge is -2.38. The molecule has 0 aromatic rings. The molecule has 1 saturated heterocycles. The fourth-order valence-electron chi connectivity index (χ4n) is 2.69. The molecule has 0 bridgehead atoms. The topological polar surface area (TPSA) is 41.3 Å². The van der Waals surface area contributed by atoms with Crippen molar-refractivity contribution >= 4 is 0 Å². The Labute approximate surface area is 103 Å². The fourth-order valence-corrected chi connectivity index (χ4v) is 2.69. The molecule has 0 spiro atoms. The summed E-state index contributed by atoms with van der Waals surface area (Å²) in [5.74, 6) is 0.621. The van der Waals surface area contributed by atoms with Crippen LogP contribution in [0.5, 0.6) is 0 Å². The number of hydrogen-bond donors (Lipinski definition) is 2. The van der Waals surface area contributed by atoms with Gasteiger partial charge in [-0.05, 0) is 18.8 Å². The van der Waals surface area contributed by atoms with Gasteiger partial charge in [-0.25, -0.2) is 8.78 Å². The Hall–Kier alpha value is -0.260. The van der Waals surface area contributed by atoms with Crippen LogP contribution in [0, 0.1) is 5.92 Å². The summed E-state index contributed by atoms with van der Waals surface area (Å²) in [6.07, 6.45) is 1.09. The van der Waals surface area contributed by atoms with Crippen LogP contribution in [-0.2, 0) is 0 Å².